The van der Waals surface area contributed by atoms with Crippen molar-refractivity contribution in [3.8, 4) is 11.5 Å². The first-order chi connectivity index (χ1) is 21.4. The van der Waals surface area contributed by atoms with E-state index in [-0.39, 0.29) is 0 Å². The molecule has 0 saturated carbocycles. The zero-order valence-electron chi connectivity index (χ0n) is 25.6. The number of piperidine rings is 1. The van der Waals surface area contributed by atoms with Gasteiger partial charge in [0.2, 0.25) is 5.95 Å². The molecule has 13 heteroatoms. The first-order valence-corrected chi connectivity index (χ1v) is 17.9. The van der Waals surface area contributed by atoms with Crippen LogP contribution in [0.3, 0.4) is 0 Å². The van der Waals surface area contributed by atoms with Gasteiger partial charge in [-0.3, -0.25) is 9.88 Å². The summed E-state index contributed by atoms with van der Waals surface area (Å²) in [5.74, 6) is 2.43. The molecule has 11 nitrogen and oxygen atoms in total. The Labute approximate surface area is 268 Å². The van der Waals surface area contributed by atoms with Crippen LogP contribution in [0.25, 0.3) is 11.0 Å². The Bertz CT molecular complexity index is 1610. The highest BCUT2D eigenvalue weighted by atomic mass is 79.9. The summed E-state index contributed by atoms with van der Waals surface area (Å²) in [5, 5.41) is 10.3. The molecule has 2 fully saturated rings. The molecular formula is C31H39BrN9O2P. The molecule has 4 heterocycles. The molecule has 2 aliphatic heterocycles. The summed E-state index contributed by atoms with van der Waals surface area (Å²) in [6.07, 6.45) is 7.43. The molecule has 3 N–H and O–H groups in total. The van der Waals surface area contributed by atoms with Gasteiger partial charge in [-0.2, -0.15) is 4.98 Å². The van der Waals surface area contributed by atoms with E-state index in [2.05, 4.69) is 75.7 Å². The molecule has 4 aromatic rings. The second-order valence-corrected chi connectivity index (χ2v) is 13.9. The second kappa shape index (κ2) is 13.8. The van der Waals surface area contributed by atoms with Crippen molar-refractivity contribution in [1.82, 2.24) is 30.2 Å². The molecule has 0 radical (unpaired) electrons. The Morgan fingerprint density at radius 2 is 1.75 bits per heavy atom. The van der Waals surface area contributed by atoms with E-state index in [9.17, 15) is 0 Å². The first kappa shape index (κ1) is 30.7. The number of rotatable bonds is 9. The average Bonchev–Trinajstić information content (AvgIpc) is 3.04. The molecule has 0 atom stereocenters. The van der Waals surface area contributed by atoms with Gasteiger partial charge in [0, 0.05) is 75.7 Å². The molecule has 44 heavy (non-hydrogen) atoms. The summed E-state index contributed by atoms with van der Waals surface area (Å²) in [4.78, 5) is 23.4. The van der Waals surface area contributed by atoms with E-state index < -0.39 is 8.15 Å². The van der Waals surface area contributed by atoms with Crippen LogP contribution in [0.5, 0.6) is 11.5 Å². The lowest BCUT2D eigenvalue weighted by Gasteiger charge is -2.41. The van der Waals surface area contributed by atoms with Gasteiger partial charge < -0.3 is 30.1 Å². The summed E-state index contributed by atoms with van der Waals surface area (Å²) < 4.78 is 12.8. The minimum atomic E-state index is -0.697. The molecule has 0 unspecified atom stereocenters. The SMILES string of the molecule is COc1cc(N2CCC(N3CCNCC3)CC2)c(C)cc1Nc1ncc(Br)c(Nc2ccc3nccnc3c2OP(C)C)n1. The van der Waals surface area contributed by atoms with Gasteiger partial charge in [-0.15, -0.1) is 0 Å². The third-order valence-electron chi connectivity index (χ3n) is 8.10. The zero-order valence-corrected chi connectivity index (χ0v) is 28.1. The third kappa shape index (κ3) is 6.83. The largest absolute Gasteiger partial charge is 0.494 e. The molecule has 2 aromatic carbocycles. The zero-order chi connectivity index (χ0) is 30.6. The molecule has 2 aliphatic rings. The highest BCUT2D eigenvalue weighted by Crippen LogP contribution is 2.42. The minimum absolute atomic E-state index is 0.439. The van der Waals surface area contributed by atoms with Gasteiger partial charge in [0.15, 0.2) is 5.75 Å². The van der Waals surface area contributed by atoms with Gasteiger partial charge in [-0.25, -0.2) is 9.97 Å². The highest BCUT2D eigenvalue weighted by Gasteiger charge is 2.27. The number of methoxy groups -OCH3 is 1. The van der Waals surface area contributed by atoms with E-state index in [4.69, 9.17) is 14.2 Å². The molecule has 6 rings (SSSR count). The lowest BCUT2D eigenvalue weighted by Crippen LogP contribution is -2.52. The number of aromatic nitrogens is 4. The maximum atomic E-state index is 6.24. The summed E-state index contributed by atoms with van der Waals surface area (Å²) in [6.45, 7) is 12.8. The Hall–Kier alpha value is -3.31. The van der Waals surface area contributed by atoms with Gasteiger partial charge in [-0.1, -0.05) is 0 Å². The summed E-state index contributed by atoms with van der Waals surface area (Å²) in [5.41, 5.74) is 5.42. The van der Waals surface area contributed by atoms with Crippen molar-refractivity contribution in [1.29, 1.82) is 0 Å². The predicted octanol–water partition coefficient (Wildman–Crippen LogP) is 5.90. The Kier molecular flexibility index (Phi) is 9.61. The van der Waals surface area contributed by atoms with Crippen LogP contribution in [0.15, 0.2) is 47.3 Å². The highest BCUT2D eigenvalue weighted by molar-refractivity contribution is 9.10. The van der Waals surface area contributed by atoms with Gasteiger partial charge in [0.1, 0.15) is 17.1 Å². The standard InChI is InChI=1S/C31H39BrN9O2P/c1-20-17-25(27(42-2)18-26(20)41-13-7-21(8-14-41)40-15-11-33-12-16-40)38-31-36-19-22(32)30(39-31)37-24-6-5-23-28(35-10-9-34-23)29(24)43-44(3)4/h5-6,9-10,17-19,21,33H,7-8,11-16H2,1-4H3,(H2,36,37,38,39). The van der Waals surface area contributed by atoms with Crippen molar-refractivity contribution in [2.24, 2.45) is 0 Å². The van der Waals surface area contributed by atoms with Crippen molar-refractivity contribution in [2.75, 3.05) is 75.2 Å². The van der Waals surface area contributed by atoms with Crippen molar-refractivity contribution in [2.45, 2.75) is 25.8 Å². The maximum absolute atomic E-state index is 6.24. The molecule has 0 amide bonds. The van der Waals surface area contributed by atoms with Crippen molar-refractivity contribution in [3.63, 3.8) is 0 Å². The van der Waals surface area contributed by atoms with Gasteiger partial charge in [-0.05, 0) is 72.8 Å². The van der Waals surface area contributed by atoms with Gasteiger partial charge in [0.25, 0.3) is 0 Å². The average molecular weight is 681 g/mol. The van der Waals surface area contributed by atoms with Gasteiger partial charge >= 0.3 is 0 Å². The number of anilines is 5. The number of nitrogens with one attached hydrogen (secondary N) is 3. The lowest BCUT2D eigenvalue weighted by molar-refractivity contribution is 0.150. The second-order valence-electron chi connectivity index (χ2n) is 11.3. The van der Waals surface area contributed by atoms with Crippen LogP contribution in [0, 0.1) is 6.92 Å². The Morgan fingerprint density at radius 3 is 2.50 bits per heavy atom. The van der Waals surface area contributed by atoms with Crippen LogP contribution in [0.4, 0.5) is 28.8 Å². The topological polar surface area (TPSA) is 113 Å². The number of piperazine rings is 1. The Balaban J connectivity index is 1.20. The van der Waals surface area contributed by atoms with Crippen molar-refractivity contribution in [3.05, 3.63) is 52.9 Å². The lowest BCUT2D eigenvalue weighted by atomic mass is 10.0. The van der Waals surface area contributed by atoms with Crippen LogP contribution >= 0.6 is 24.1 Å². The molecular weight excluding hydrogens is 641 g/mol. The molecule has 0 spiro atoms. The van der Waals surface area contributed by atoms with E-state index in [1.165, 1.54) is 24.1 Å². The maximum Gasteiger partial charge on any atom is 0.229 e. The number of ether oxygens (including phenoxy) is 1. The summed E-state index contributed by atoms with van der Waals surface area (Å²) in [6, 6.07) is 8.78. The van der Waals surface area contributed by atoms with E-state index in [0.29, 0.717) is 33.5 Å². The number of benzene rings is 2. The van der Waals surface area contributed by atoms with Crippen LogP contribution in [0.1, 0.15) is 18.4 Å². The number of hydrogen-bond acceptors (Lipinski definition) is 11. The van der Waals surface area contributed by atoms with Crippen molar-refractivity contribution < 1.29 is 9.26 Å². The molecule has 232 valence electrons. The number of hydrogen-bond donors (Lipinski definition) is 3. The fourth-order valence-electron chi connectivity index (χ4n) is 5.95. The van der Waals surface area contributed by atoms with E-state index in [0.717, 1.165) is 61.9 Å². The summed E-state index contributed by atoms with van der Waals surface area (Å²) in [7, 11) is 1.00. The smallest absolute Gasteiger partial charge is 0.229 e. The molecule has 0 bridgehead atoms. The number of nitrogens with zero attached hydrogens (tertiary/aromatic N) is 6. The fraction of sp³-hybridized carbons (Fsp3) is 0.419. The fourth-order valence-corrected chi connectivity index (χ4v) is 6.79. The van der Waals surface area contributed by atoms with Crippen LogP contribution < -0.4 is 30.1 Å². The monoisotopic (exact) mass is 679 g/mol. The van der Waals surface area contributed by atoms with E-state index >= 15 is 0 Å². The van der Waals surface area contributed by atoms with Crippen molar-refractivity contribution >= 4 is 63.9 Å². The van der Waals surface area contributed by atoms with Gasteiger partial charge in [0.05, 0.1) is 36.6 Å². The molecule has 2 aromatic heterocycles. The van der Waals surface area contributed by atoms with Crippen LogP contribution in [-0.2, 0) is 0 Å². The normalized spacial score (nSPS) is 16.4. The summed E-state index contributed by atoms with van der Waals surface area (Å²) >= 11 is 3.61. The van der Waals surface area contributed by atoms with Crippen LogP contribution in [-0.4, -0.2) is 90.6 Å². The quantitative estimate of drug-likeness (QED) is 0.184. The first-order valence-electron chi connectivity index (χ1n) is 14.9. The number of fused-ring (bicyclic) bond motifs is 1. The Morgan fingerprint density at radius 1 is 0.977 bits per heavy atom. The molecule has 0 aliphatic carbocycles. The number of halogens is 1. The predicted molar refractivity (Wildman–Crippen MR) is 183 cm³/mol. The number of aryl methyl sites for hydroxylation is 1. The van der Waals surface area contributed by atoms with E-state index in [1.54, 1.807) is 25.7 Å². The van der Waals surface area contributed by atoms with Crippen LogP contribution in [0.2, 0.25) is 0 Å². The minimum Gasteiger partial charge on any atom is -0.494 e. The third-order valence-corrected chi connectivity index (χ3v) is 9.23. The van der Waals surface area contributed by atoms with E-state index in [1.807, 2.05) is 25.5 Å². The molecule has 2 saturated heterocycles.